The van der Waals surface area contributed by atoms with Crippen LogP contribution in [0.15, 0.2) is 273 Å². The molecule has 0 saturated carbocycles. The summed E-state index contributed by atoms with van der Waals surface area (Å²) in [5.41, 5.74) is 19.8. The first-order valence-corrected chi connectivity index (χ1v) is 22.3. The summed E-state index contributed by atoms with van der Waals surface area (Å²) in [6.45, 7) is 0. The average Bonchev–Trinajstić information content (AvgIpc) is 3.40. The van der Waals surface area contributed by atoms with Crippen LogP contribution in [0.25, 0.3) is 88.7 Å². The quantitative estimate of drug-likeness (QED) is 0.133. The summed E-state index contributed by atoms with van der Waals surface area (Å²) in [7, 11) is 0. The lowest BCUT2D eigenvalue weighted by molar-refractivity contribution is 1.28. The second-order valence-electron chi connectivity index (χ2n) is 16.5. The van der Waals surface area contributed by atoms with Crippen molar-refractivity contribution in [3.05, 3.63) is 273 Å². The number of rotatable bonds is 10. The maximum Gasteiger partial charge on any atom is 0.0546 e. The topological polar surface area (TPSA) is 3.24 Å². The number of anilines is 3. The van der Waals surface area contributed by atoms with Crippen molar-refractivity contribution in [2.75, 3.05) is 4.90 Å². The lowest BCUT2D eigenvalue weighted by Crippen LogP contribution is -2.11. The fourth-order valence-electron chi connectivity index (χ4n) is 9.13. The standard InChI is InChI=1S/C64H45N/c1-5-16-46(17-6-1)49-28-30-50(31-29-49)51-32-37-59(38-33-51)65(64-45-55(36-41-63(64)54-22-11-4-12-23-54)62-27-15-25-53-24-13-14-26-61(53)62)60-39-34-52(35-40-60)58-43-56(47-18-7-2-8-19-47)42-57(44-58)48-20-9-3-10-21-48/h1-45H. The van der Waals surface area contributed by atoms with Gasteiger partial charge >= 0.3 is 0 Å². The molecule has 0 N–H and O–H groups in total. The van der Waals surface area contributed by atoms with Gasteiger partial charge in [-0.1, -0.05) is 224 Å². The van der Waals surface area contributed by atoms with Gasteiger partial charge in [-0.05, 0) is 132 Å². The van der Waals surface area contributed by atoms with Crippen molar-refractivity contribution < 1.29 is 0 Å². The molecule has 0 unspecified atom stereocenters. The molecule has 0 aromatic heterocycles. The summed E-state index contributed by atoms with van der Waals surface area (Å²) in [5, 5.41) is 2.46. The molecular weight excluding hydrogens is 783 g/mol. The molecule has 0 saturated heterocycles. The summed E-state index contributed by atoms with van der Waals surface area (Å²) in [4.78, 5) is 2.43. The highest BCUT2D eigenvalue weighted by Crippen LogP contribution is 2.45. The van der Waals surface area contributed by atoms with Gasteiger partial charge in [0.2, 0.25) is 0 Å². The third-order valence-corrected chi connectivity index (χ3v) is 12.5. The zero-order chi connectivity index (χ0) is 43.4. The van der Waals surface area contributed by atoms with Crippen LogP contribution < -0.4 is 4.90 Å². The predicted molar refractivity (Wildman–Crippen MR) is 277 cm³/mol. The SMILES string of the molecule is c1ccc(-c2ccc(-c3ccc(N(c4ccc(-c5cc(-c6ccccc6)cc(-c6ccccc6)c5)cc4)c4cc(-c5cccc6ccccc56)ccc4-c4ccccc4)cc3)cc2)cc1. The molecule has 306 valence electrons. The highest BCUT2D eigenvalue weighted by Gasteiger charge is 2.20. The predicted octanol–water partition coefficient (Wildman–Crippen LogP) is 18.0. The van der Waals surface area contributed by atoms with Gasteiger partial charge in [0.05, 0.1) is 5.69 Å². The summed E-state index contributed by atoms with van der Waals surface area (Å²) in [6, 6.07) is 98.9. The molecule has 0 fully saturated rings. The molecule has 65 heavy (non-hydrogen) atoms. The van der Waals surface area contributed by atoms with Gasteiger partial charge in [-0.2, -0.15) is 0 Å². The van der Waals surface area contributed by atoms with Crippen LogP contribution in [0.1, 0.15) is 0 Å². The molecule has 0 heterocycles. The summed E-state index contributed by atoms with van der Waals surface area (Å²) < 4.78 is 0. The molecule has 0 aliphatic rings. The van der Waals surface area contributed by atoms with Gasteiger partial charge < -0.3 is 4.90 Å². The van der Waals surface area contributed by atoms with E-state index in [2.05, 4.69) is 278 Å². The summed E-state index contributed by atoms with van der Waals surface area (Å²) in [5.74, 6) is 0. The summed E-state index contributed by atoms with van der Waals surface area (Å²) in [6.07, 6.45) is 0. The lowest BCUT2D eigenvalue weighted by Gasteiger charge is -2.29. The van der Waals surface area contributed by atoms with Crippen LogP contribution in [0.4, 0.5) is 17.1 Å². The first-order valence-electron chi connectivity index (χ1n) is 22.3. The maximum atomic E-state index is 2.43. The van der Waals surface area contributed by atoms with Crippen LogP contribution in [0.3, 0.4) is 0 Å². The molecule has 0 atom stereocenters. The van der Waals surface area contributed by atoms with Gasteiger partial charge in [0.1, 0.15) is 0 Å². The van der Waals surface area contributed by atoms with E-state index < -0.39 is 0 Å². The number of fused-ring (bicyclic) bond motifs is 1. The molecule has 0 aliphatic carbocycles. The molecule has 0 amide bonds. The van der Waals surface area contributed by atoms with Crippen LogP contribution in [-0.2, 0) is 0 Å². The Balaban J connectivity index is 1.05. The van der Waals surface area contributed by atoms with Gasteiger partial charge in [0.15, 0.2) is 0 Å². The lowest BCUT2D eigenvalue weighted by atomic mass is 9.93. The van der Waals surface area contributed by atoms with Gasteiger partial charge in [0.25, 0.3) is 0 Å². The van der Waals surface area contributed by atoms with Crippen molar-refractivity contribution in [3.8, 4) is 77.9 Å². The van der Waals surface area contributed by atoms with E-state index in [1.165, 1.54) is 72.0 Å². The normalized spacial score (nSPS) is 11.1. The minimum Gasteiger partial charge on any atom is -0.310 e. The van der Waals surface area contributed by atoms with Gasteiger partial charge in [-0.3, -0.25) is 0 Å². The Bertz CT molecular complexity index is 3300. The van der Waals surface area contributed by atoms with Crippen molar-refractivity contribution in [1.29, 1.82) is 0 Å². The van der Waals surface area contributed by atoms with Crippen LogP contribution in [0.5, 0.6) is 0 Å². The van der Waals surface area contributed by atoms with E-state index in [0.717, 1.165) is 33.8 Å². The van der Waals surface area contributed by atoms with Gasteiger partial charge in [-0.25, -0.2) is 0 Å². The fraction of sp³-hybridized carbons (Fsp3) is 0. The second kappa shape index (κ2) is 17.7. The minimum absolute atomic E-state index is 1.07. The smallest absolute Gasteiger partial charge is 0.0546 e. The molecule has 11 aromatic rings. The molecular formula is C64H45N. The highest BCUT2D eigenvalue weighted by atomic mass is 15.1. The van der Waals surface area contributed by atoms with Gasteiger partial charge in [-0.15, -0.1) is 0 Å². The Morgan fingerprint density at radius 1 is 0.200 bits per heavy atom. The van der Waals surface area contributed by atoms with Crippen LogP contribution >= 0.6 is 0 Å². The molecule has 0 bridgehead atoms. The van der Waals surface area contributed by atoms with E-state index in [0.29, 0.717) is 0 Å². The van der Waals surface area contributed by atoms with E-state index in [9.17, 15) is 0 Å². The zero-order valence-electron chi connectivity index (χ0n) is 35.9. The number of benzene rings is 11. The van der Waals surface area contributed by atoms with Gasteiger partial charge in [0, 0.05) is 16.9 Å². The van der Waals surface area contributed by atoms with E-state index in [4.69, 9.17) is 0 Å². The van der Waals surface area contributed by atoms with Crippen LogP contribution in [0.2, 0.25) is 0 Å². The maximum absolute atomic E-state index is 2.43. The Morgan fingerprint density at radius 2 is 0.554 bits per heavy atom. The minimum atomic E-state index is 1.07. The average molecular weight is 828 g/mol. The Kier molecular flexibility index (Phi) is 10.7. The van der Waals surface area contributed by atoms with E-state index in [-0.39, 0.29) is 0 Å². The molecule has 0 spiro atoms. The van der Waals surface area contributed by atoms with E-state index in [1.54, 1.807) is 0 Å². The van der Waals surface area contributed by atoms with Crippen molar-refractivity contribution in [3.63, 3.8) is 0 Å². The van der Waals surface area contributed by atoms with E-state index in [1.807, 2.05) is 0 Å². The first-order chi connectivity index (χ1) is 32.2. The molecule has 11 rings (SSSR count). The Labute approximate surface area is 381 Å². The number of hydrogen-bond acceptors (Lipinski definition) is 1. The molecule has 0 radical (unpaired) electrons. The number of hydrogen-bond donors (Lipinski definition) is 0. The highest BCUT2D eigenvalue weighted by molar-refractivity contribution is 5.99. The van der Waals surface area contributed by atoms with Crippen molar-refractivity contribution >= 4 is 27.8 Å². The second-order valence-corrected chi connectivity index (χ2v) is 16.5. The Hall–Kier alpha value is -8.52. The van der Waals surface area contributed by atoms with Crippen molar-refractivity contribution in [2.24, 2.45) is 0 Å². The fourth-order valence-corrected chi connectivity index (χ4v) is 9.13. The largest absolute Gasteiger partial charge is 0.310 e. The third-order valence-electron chi connectivity index (χ3n) is 12.5. The number of nitrogens with zero attached hydrogens (tertiary/aromatic N) is 1. The first kappa shape index (κ1) is 39.3. The molecule has 1 heteroatoms. The zero-order valence-corrected chi connectivity index (χ0v) is 35.9. The van der Waals surface area contributed by atoms with Crippen LogP contribution in [-0.4, -0.2) is 0 Å². The summed E-state index contributed by atoms with van der Waals surface area (Å²) >= 11 is 0. The molecule has 0 aliphatic heterocycles. The Morgan fingerprint density at radius 3 is 1.05 bits per heavy atom. The molecule has 11 aromatic carbocycles. The van der Waals surface area contributed by atoms with Crippen molar-refractivity contribution in [1.82, 2.24) is 0 Å². The molecule has 1 nitrogen and oxygen atoms in total. The van der Waals surface area contributed by atoms with Crippen LogP contribution in [0, 0.1) is 0 Å². The monoisotopic (exact) mass is 827 g/mol. The third kappa shape index (κ3) is 8.16. The van der Waals surface area contributed by atoms with Crippen molar-refractivity contribution in [2.45, 2.75) is 0 Å². The van der Waals surface area contributed by atoms with E-state index >= 15 is 0 Å².